The quantitative estimate of drug-likeness (QED) is 0.761. The van der Waals surface area contributed by atoms with Gasteiger partial charge in [-0.3, -0.25) is 4.79 Å². The molecule has 2 aromatic rings. The van der Waals surface area contributed by atoms with Crippen molar-refractivity contribution in [3.05, 3.63) is 54.0 Å². The van der Waals surface area contributed by atoms with E-state index in [1.54, 1.807) is 12.4 Å². The number of rotatable bonds is 8. The van der Waals surface area contributed by atoms with Crippen LogP contribution in [0, 0.1) is 0 Å². The Morgan fingerprint density at radius 2 is 1.83 bits per heavy atom. The van der Waals surface area contributed by atoms with E-state index in [0.717, 1.165) is 31.7 Å². The lowest BCUT2D eigenvalue weighted by molar-refractivity contribution is 0.0948. The average molecular weight is 312 g/mol. The summed E-state index contributed by atoms with van der Waals surface area (Å²) in [6, 6.07) is 10.3. The zero-order valence-electron chi connectivity index (χ0n) is 13.8. The van der Waals surface area contributed by atoms with E-state index in [1.165, 1.54) is 5.56 Å². The van der Waals surface area contributed by atoms with E-state index in [4.69, 9.17) is 0 Å². The fraction of sp³-hybridized carbons (Fsp3) is 0.389. The summed E-state index contributed by atoms with van der Waals surface area (Å²) in [5.41, 5.74) is 1.64. The zero-order valence-corrected chi connectivity index (χ0v) is 13.8. The Kier molecular flexibility index (Phi) is 6.54. The van der Waals surface area contributed by atoms with Crippen LogP contribution >= 0.6 is 0 Å². The average Bonchev–Trinajstić information content (AvgIpc) is 2.61. The number of carbonyl (C=O) groups is 1. The highest BCUT2D eigenvalue weighted by Crippen LogP contribution is 2.08. The van der Waals surface area contributed by atoms with Gasteiger partial charge in [0, 0.05) is 19.6 Å². The second-order valence-corrected chi connectivity index (χ2v) is 5.28. The van der Waals surface area contributed by atoms with Crippen LogP contribution in [0.25, 0.3) is 0 Å². The Morgan fingerprint density at radius 1 is 1.09 bits per heavy atom. The van der Waals surface area contributed by atoms with Gasteiger partial charge >= 0.3 is 0 Å². The number of aromatic nitrogens is 2. The summed E-state index contributed by atoms with van der Waals surface area (Å²) in [4.78, 5) is 22.7. The van der Waals surface area contributed by atoms with Gasteiger partial charge in [-0.05, 0) is 32.3 Å². The van der Waals surface area contributed by atoms with Gasteiger partial charge in [0.25, 0.3) is 5.91 Å². The number of benzene rings is 1. The third-order valence-electron chi connectivity index (χ3n) is 3.73. The molecule has 1 aromatic heterocycles. The van der Waals surface area contributed by atoms with Gasteiger partial charge in [-0.15, -0.1) is 0 Å². The Balaban J connectivity index is 1.79. The minimum absolute atomic E-state index is 0.170. The molecule has 0 spiro atoms. The second-order valence-electron chi connectivity index (χ2n) is 5.28. The van der Waals surface area contributed by atoms with Crippen molar-refractivity contribution in [2.45, 2.75) is 26.7 Å². The van der Waals surface area contributed by atoms with Gasteiger partial charge in [0.2, 0.25) is 0 Å². The molecule has 0 fully saturated rings. The predicted octanol–water partition coefficient (Wildman–Crippen LogP) is 2.69. The molecule has 1 N–H and O–H groups in total. The molecule has 1 heterocycles. The van der Waals surface area contributed by atoms with E-state index < -0.39 is 0 Å². The molecule has 0 radical (unpaired) electrons. The van der Waals surface area contributed by atoms with Crippen LogP contribution in [-0.2, 0) is 6.42 Å². The first kappa shape index (κ1) is 16.9. The van der Waals surface area contributed by atoms with Crippen LogP contribution in [0.5, 0.6) is 0 Å². The van der Waals surface area contributed by atoms with Crippen molar-refractivity contribution in [3.63, 3.8) is 0 Å². The van der Waals surface area contributed by atoms with Gasteiger partial charge < -0.3 is 10.2 Å². The Hall–Kier alpha value is -2.43. The molecule has 0 aliphatic carbocycles. The molecular formula is C18H24N4O. The summed E-state index contributed by atoms with van der Waals surface area (Å²) < 4.78 is 0. The maximum Gasteiger partial charge on any atom is 0.271 e. The van der Waals surface area contributed by atoms with Crippen LogP contribution in [0.3, 0.4) is 0 Å². The third kappa shape index (κ3) is 5.06. The summed E-state index contributed by atoms with van der Waals surface area (Å²) in [5.74, 6) is 0.632. The highest BCUT2D eigenvalue weighted by molar-refractivity contribution is 5.91. The summed E-state index contributed by atoms with van der Waals surface area (Å²) in [5, 5.41) is 2.89. The summed E-state index contributed by atoms with van der Waals surface area (Å²) in [7, 11) is 0. The Labute approximate surface area is 137 Å². The molecule has 0 aliphatic heterocycles. The third-order valence-corrected chi connectivity index (χ3v) is 3.73. The maximum absolute atomic E-state index is 12.0. The summed E-state index contributed by atoms with van der Waals surface area (Å²) in [6.45, 7) is 6.51. The number of amides is 1. The van der Waals surface area contributed by atoms with Gasteiger partial charge in [0.05, 0.1) is 12.4 Å². The highest BCUT2D eigenvalue weighted by Gasteiger charge is 2.09. The van der Waals surface area contributed by atoms with Crippen molar-refractivity contribution in [1.29, 1.82) is 0 Å². The molecule has 5 nitrogen and oxygen atoms in total. The van der Waals surface area contributed by atoms with Crippen molar-refractivity contribution in [2.75, 3.05) is 24.5 Å². The van der Waals surface area contributed by atoms with E-state index in [9.17, 15) is 4.79 Å². The standard InChI is InChI=1S/C18H24N4O/c1-3-22(4-2)17-14-20-16(13-21-17)18(23)19-12-8-11-15-9-6-5-7-10-15/h5-7,9-10,13-14H,3-4,8,11-12H2,1-2H3,(H,19,23). The van der Waals surface area contributed by atoms with E-state index in [-0.39, 0.29) is 5.91 Å². The molecule has 0 saturated heterocycles. The van der Waals surface area contributed by atoms with Crippen LogP contribution in [0.1, 0.15) is 36.3 Å². The number of aryl methyl sites for hydroxylation is 1. The van der Waals surface area contributed by atoms with E-state index >= 15 is 0 Å². The zero-order chi connectivity index (χ0) is 16.5. The number of hydrogen-bond donors (Lipinski definition) is 1. The second kappa shape index (κ2) is 8.88. The maximum atomic E-state index is 12.0. The largest absolute Gasteiger partial charge is 0.356 e. The van der Waals surface area contributed by atoms with E-state index in [2.05, 4.69) is 46.2 Å². The molecule has 5 heteroatoms. The van der Waals surface area contributed by atoms with Crippen LogP contribution in [-0.4, -0.2) is 35.5 Å². The Bertz CT molecular complexity index is 594. The lowest BCUT2D eigenvalue weighted by atomic mass is 10.1. The van der Waals surface area contributed by atoms with Crippen LogP contribution in [0.15, 0.2) is 42.7 Å². The van der Waals surface area contributed by atoms with Gasteiger partial charge in [-0.25, -0.2) is 9.97 Å². The topological polar surface area (TPSA) is 58.1 Å². The number of nitrogens with zero attached hydrogens (tertiary/aromatic N) is 3. The van der Waals surface area contributed by atoms with Crippen molar-refractivity contribution in [1.82, 2.24) is 15.3 Å². The monoisotopic (exact) mass is 312 g/mol. The van der Waals surface area contributed by atoms with Gasteiger partial charge in [-0.2, -0.15) is 0 Å². The smallest absolute Gasteiger partial charge is 0.271 e. The van der Waals surface area contributed by atoms with Crippen LogP contribution < -0.4 is 10.2 Å². The molecular weight excluding hydrogens is 288 g/mol. The lowest BCUT2D eigenvalue weighted by Crippen LogP contribution is -2.27. The van der Waals surface area contributed by atoms with Crippen molar-refractivity contribution in [3.8, 4) is 0 Å². The first-order valence-corrected chi connectivity index (χ1v) is 8.13. The number of carbonyl (C=O) groups excluding carboxylic acids is 1. The van der Waals surface area contributed by atoms with Crippen molar-refractivity contribution >= 4 is 11.7 Å². The van der Waals surface area contributed by atoms with Crippen LogP contribution in [0.2, 0.25) is 0 Å². The molecule has 0 bridgehead atoms. The first-order valence-electron chi connectivity index (χ1n) is 8.13. The predicted molar refractivity (Wildman–Crippen MR) is 92.7 cm³/mol. The van der Waals surface area contributed by atoms with Gasteiger partial charge in [0.15, 0.2) is 0 Å². The van der Waals surface area contributed by atoms with Crippen LogP contribution in [0.4, 0.5) is 5.82 Å². The Morgan fingerprint density at radius 3 is 2.43 bits per heavy atom. The lowest BCUT2D eigenvalue weighted by Gasteiger charge is -2.18. The van der Waals surface area contributed by atoms with E-state index in [1.807, 2.05) is 18.2 Å². The SMILES string of the molecule is CCN(CC)c1cnc(C(=O)NCCCc2ccccc2)cn1. The van der Waals surface area contributed by atoms with Gasteiger partial charge in [-0.1, -0.05) is 30.3 Å². The summed E-state index contributed by atoms with van der Waals surface area (Å²) in [6.07, 6.45) is 5.06. The normalized spacial score (nSPS) is 10.3. The number of nitrogens with one attached hydrogen (secondary N) is 1. The molecule has 0 saturated carbocycles. The molecule has 0 atom stereocenters. The molecule has 1 aromatic carbocycles. The minimum atomic E-state index is -0.170. The molecule has 23 heavy (non-hydrogen) atoms. The fourth-order valence-corrected chi connectivity index (χ4v) is 2.38. The minimum Gasteiger partial charge on any atom is -0.356 e. The number of hydrogen-bond acceptors (Lipinski definition) is 4. The number of anilines is 1. The molecule has 0 unspecified atom stereocenters. The molecule has 122 valence electrons. The van der Waals surface area contributed by atoms with E-state index in [0.29, 0.717) is 12.2 Å². The van der Waals surface area contributed by atoms with Crippen molar-refractivity contribution in [2.24, 2.45) is 0 Å². The summed E-state index contributed by atoms with van der Waals surface area (Å²) >= 11 is 0. The molecule has 1 amide bonds. The molecule has 2 rings (SSSR count). The van der Waals surface area contributed by atoms with Gasteiger partial charge in [0.1, 0.15) is 11.5 Å². The first-order chi connectivity index (χ1) is 11.2. The highest BCUT2D eigenvalue weighted by atomic mass is 16.1. The fourth-order valence-electron chi connectivity index (χ4n) is 2.38. The molecule has 0 aliphatic rings. The van der Waals surface area contributed by atoms with Crippen molar-refractivity contribution < 1.29 is 4.79 Å².